The first-order valence-electron chi connectivity index (χ1n) is 6.22. The van der Waals surface area contributed by atoms with E-state index in [0.29, 0.717) is 0 Å². The normalized spacial score (nSPS) is 11.1. The van der Waals surface area contributed by atoms with E-state index in [1.807, 2.05) is 60.1 Å². The number of halogens is 2. The third-order valence-corrected chi connectivity index (χ3v) is 4.57. The lowest BCUT2D eigenvalue weighted by molar-refractivity contribution is 1.36. The van der Waals surface area contributed by atoms with Gasteiger partial charge in [0.25, 0.3) is 0 Å². The lowest BCUT2D eigenvalue weighted by Crippen LogP contribution is -1.81. The van der Waals surface area contributed by atoms with Crippen molar-refractivity contribution < 1.29 is 0 Å². The second-order valence-electron chi connectivity index (χ2n) is 4.30. The summed E-state index contributed by atoms with van der Waals surface area (Å²) in [5.74, 6) is 0. The van der Waals surface area contributed by atoms with Crippen molar-refractivity contribution in [1.82, 2.24) is 4.98 Å². The Kier molecular flexibility index (Phi) is 4.48. The number of thiazole rings is 1. The first kappa shape index (κ1) is 14.4. The van der Waals surface area contributed by atoms with Crippen LogP contribution in [-0.2, 0) is 0 Å². The lowest BCUT2D eigenvalue weighted by atomic mass is 10.2. The highest BCUT2D eigenvalue weighted by atomic mass is 79.9. The third kappa shape index (κ3) is 3.59. The molecule has 0 fully saturated rings. The molecule has 0 atom stereocenters. The first-order chi connectivity index (χ1) is 10.2. The molecule has 3 aromatic rings. The molecule has 0 bridgehead atoms. The van der Waals surface area contributed by atoms with Crippen molar-refractivity contribution in [2.24, 2.45) is 4.99 Å². The van der Waals surface area contributed by atoms with Gasteiger partial charge in [-0.25, -0.2) is 9.98 Å². The van der Waals surface area contributed by atoms with Gasteiger partial charge in [0.05, 0.1) is 5.69 Å². The van der Waals surface area contributed by atoms with Crippen LogP contribution < -0.4 is 0 Å². The van der Waals surface area contributed by atoms with Crippen LogP contribution in [0.1, 0.15) is 5.56 Å². The summed E-state index contributed by atoms with van der Waals surface area (Å²) in [6, 6.07) is 15.6. The van der Waals surface area contributed by atoms with E-state index in [9.17, 15) is 0 Å². The molecule has 1 heterocycles. The molecule has 1 aromatic heterocycles. The minimum absolute atomic E-state index is 0.723. The highest BCUT2D eigenvalue weighted by Gasteiger charge is 2.03. The molecule has 0 aliphatic heterocycles. The molecule has 0 unspecified atom stereocenters. The lowest BCUT2D eigenvalue weighted by Gasteiger charge is -1.96. The Balaban J connectivity index is 1.82. The molecule has 104 valence electrons. The third-order valence-electron chi connectivity index (χ3n) is 2.85. The van der Waals surface area contributed by atoms with Crippen molar-refractivity contribution in [3.8, 4) is 11.3 Å². The van der Waals surface area contributed by atoms with E-state index in [-0.39, 0.29) is 0 Å². The minimum Gasteiger partial charge on any atom is -0.227 e. The van der Waals surface area contributed by atoms with E-state index >= 15 is 0 Å². The average molecular weight is 378 g/mol. The van der Waals surface area contributed by atoms with Crippen molar-refractivity contribution in [3.05, 3.63) is 69.0 Å². The molecule has 0 spiro atoms. The second kappa shape index (κ2) is 6.52. The summed E-state index contributed by atoms with van der Waals surface area (Å²) in [4.78, 5) is 8.94. The maximum atomic E-state index is 5.89. The molecule has 2 aromatic carbocycles. The number of hydrogen-bond acceptors (Lipinski definition) is 3. The maximum Gasteiger partial charge on any atom is 0.209 e. The predicted octanol–water partition coefficient (Wildman–Crippen LogP) is 5.98. The number of benzene rings is 2. The van der Waals surface area contributed by atoms with Crippen molar-refractivity contribution in [2.75, 3.05) is 0 Å². The quantitative estimate of drug-likeness (QED) is 0.516. The molecule has 0 aliphatic rings. The summed E-state index contributed by atoms with van der Waals surface area (Å²) in [5, 5.41) is 3.45. The number of aromatic nitrogens is 1. The van der Waals surface area contributed by atoms with Gasteiger partial charge in [-0.2, -0.15) is 0 Å². The average Bonchev–Trinajstić information content (AvgIpc) is 2.96. The van der Waals surface area contributed by atoms with Crippen LogP contribution in [0.15, 0.2) is 63.4 Å². The molecule has 21 heavy (non-hydrogen) atoms. The fraction of sp³-hybridized carbons (Fsp3) is 0. The summed E-state index contributed by atoms with van der Waals surface area (Å²) in [6.07, 6.45) is 1.81. The van der Waals surface area contributed by atoms with Crippen LogP contribution in [0.3, 0.4) is 0 Å². The largest absolute Gasteiger partial charge is 0.227 e. The predicted molar refractivity (Wildman–Crippen MR) is 94.0 cm³/mol. The first-order valence-corrected chi connectivity index (χ1v) is 8.27. The second-order valence-corrected chi connectivity index (χ2v) is 6.43. The fourth-order valence-corrected chi connectivity index (χ4v) is 2.96. The molecule has 0 saturated heterocycles. The number of rotatable bonds is 3. The maximum absolute atomic E-state index is 5.89. The van der Waals surface area contributed by atoms with Gasteiger partial charge in [0.15, 0.2) is 0 Å². The van der Waals surface area contributed by atoms with E-state index in [2.05, 4.69) is 25.9 Å². The number of nitrogens with zero attached hydrogens (tertiary/aromatic N) is 2. The zero-order valence-electron chi connectivity index (χ0n) is 10.8. The number of aliphatic imine (C=N–C) groups is 1. The summed E-state index contributed by atoms with van der Waals surface area (Å²) >= 11 is 10.9. The smallest absolute Gasteiger partial charge is 0.209 e. The van der Waals surface area contributed by atoms with Gasteiger partial charge in [0, 0.05) is 32.2 Å². The Morgan fingerprint density at radius 1 is 1.10 bits per heavy atom. The molecule has 0 amide bonds. The van der Waals surface area contributed by atoms with Crippen molar-refractivity contribution in [2.45, 2.75) is 0 Å². The SMILES string of the molecule is Clc1ccc(-c2csc(/N=C/c3ccccc3Br)n2)cc1. The van der Waals surface area contributed by atoms with Gasteiger partial charge in [-0.15, -0.1) is 11.3 Å². The Bertz CT molecular complexity index is 781. The minimum atomic E-state index is 0.723. The van der Waals surface area contributed by atoms with Gasteiger partial charge in [-0.1, -0.05) is 57.9 Å². The molecule has 0 radical (unpaired) electrons. The van der Waals surface area contributed by atoms with E-state index in [0.717, 1.165) is 31.4 Å². The molecule has 0 N–H and O–H groups in total. The molecule has 5 heteroatoms. The highest BCUT2D eigenvalue weighted by Crippen LogP contribution is 2.27. The van der Waals surface area contributed by atoms with Crippen molar-refractivity contribution in [3.63, 3.8) is 0 Å². The topological polar surface area (TPSA) is 25.2 Å². The molecule has 3 rings (SSSR count). The van der Waals surface area contributed by atoms with Crippen LogP contribution in [0.4, 0.5) is 5.13 Å². The zero-order valence-corrected chi connectivity index (χ0v) is 14.0. The van der Waals surface area contributed by atoms with Crippen LogP contribution in [0, 0.1) is 0 Å². The van der Waals surface area contributed by atoms with E-state index in [1.54, 1.807) is 0 Å². The Labute approximate surface area is 140 Å². The van der Waals surface area contributed by atoms with E-state index in [4.69, 9.17) is 11.6 Å². The van der Waals surface area contributed by atoms with E-state index in [1.165, 1.54) is 11.3 Å². The fourth-order valence-electron chi connectivity index (χ4n) is 1.78. The van der Waals surface area contributed by atoms with Crippen LogP contribution in [-0.4, -0.2) is 11.2 Å². The van der Waals surface area contributed by atoms with Crippen LogP contribution in [0.2, 0.25) is 5.02 Å². The van der Waals surface area contributed by atoms with Crippen molar-refractivity contribution in [1.29, 1.82) is 0 Å². The monoisotopic (exact) mass is 376 g/mol. The molecule has 0 saturated carbocycles. The Morgan fingerprint density at radius 2 is 1.86 bits per heavy atom. The molecule has 0 aliphatic carbocycles. The van der Waals surface area contributed by atoms with Crippen molar-refractivity contribution >= 4 is 50.2 Å². The molecule has 2 nitrogen and oxygen atoms in total. The van der Waals surface area contributed by atoms with Crippen LogP contribution in [0.25, 0.3) is 11.3 Å². The van der Waals surface area contributed by atoms with Gasteiger partial charge in [0.1, 0.15) is 0 Å². The van der Waals surface area contributed by atoms with Gasteiger partial charge >= 0.3 is 0 Å². The zero-order chi connectivity index (χ0) is 14.7. The Morgan fingerprint density at radius 3 is 2.62 bits per heavy atom. The standard InChI is InChI=1S/C16H10BrClN2S/c17-14-4-2-1-3-12(14)9-19-16-20-15(10-21-16)11-5-7-13(18)8-6-11/h1-10H/b19-9+. The van der Waals surface area contributed by atoms with Crippen LogP contribution in [0.5, 0.6) is 0 Å². The number of hydrogen-bond donors (Lipinski definition) is 0. The van der Waals surface area contributed by atoms with E-state index < -0.39 is 0 Å². The van der Waals surface area contributed by atoms with Gasteiger partial charge in [0.2, 0.25) is 5.13 Å². The van der Waals surface area contributed by atoms with Gasteiger partial charge < -0.3 is 0 Å². The summed E-state index contributed by atoms with van der Waals surface area (Å²) in [5.41, 5.74) is 2.98. The summed E-state index contributed by atoms with van der Waals surface area (Å²) in [7, 11) is 0. The molecular formula is C16H10BrClN2S. The summed E-state index contributed by atoms with van der Waals surface area (Å²) in [6.45, 7) is 0. The van der Waals surface area contributed by atoms with Gasteiger partial charge in [-0.3, -0.25) is 0 Å². The van der Waals surface area contributed by atoms with Gasteiger partial charge in [-0.05, 0) is 18.2 Å². The Hall–Kier alpha value is -1.49. The summed E-state index contributed by atoms with van der Waals surface area (Å²) < 4.78 is 1.02. The highest BCUT2D eigenvalue weighted by molar-refractivity contribution is 9.10. The van der Waals surface area contributed by atoms with Crippen LogP contribution >= 0.6 is 38.9 Å². The molecular weight excluding hydrogens is 368 g/mol.